The summed E-state index contributed by atoms with van der Waals surface area (Å²) in [4.78, 5) is 11.6. The maximum Gasteiger partial charge on any atom is 0.252 e. The molecule has 140 valence electrons. The van der Waals surface area contributed by atoms with Gasteiger partial charge >= 0.3 is 0 Å². The van der Waals surface area contributed by atoms with Crippen LogP contribution in [-0.4, -0.2) is 31.3 Å². The van der Waals surface area contributed by atoms with Crippen molar-refractivity contribution in [1.29, 1.82) is 0 Å². The topological polar surface area (TPSA) is 73.6 Å². The molecule has 1 saturated heterocycles. The van der Waals surface area contributed by atoms with Crippen molar-refractivity contribution in [3.8, 4) is 11.5 Å². The van der Waals surface area contributed by atoms with E-state index in [1.165, 1.54) is 0 Å². The number of carbonyl (C=O) groups excluding carboxylic acids is 1. The van der Waals surface area contributed by atoms with E-state index < -0.39 is 18.2 Å². The van der Waals surface area contributed by atoms with E-state index in [4.69, 9.17) is 15.2 Å². The molecule has 0 aliphatic carbocycles. The van der Waals surface area contributed by atoms with Gasteiger partial charge in [0.1, 0.15) is 30.4 Å². The smallest absolute Gasteiger partial charge is 0.252 e. The number of primary amides is 1. The van der Waals surface area contributed by atoms with E-state index in [0.29, 0.717) is 25.3 Å². The van der Waals surface area contributed by atoms with Crippen LogP contribution >= 0.6 is 12.4 Å². The first-order chi connectivity index (χ1) is 12.1. The molecule has 2 aromatic carbocycles. The van der Waals surface area contributed by atoms with E-state index in [-0.39, 0.29) is 30.3 Å². The lowest BCUT2D eigenvalue weighted by Crippen LogP contribution is -2.44. The number of benzene rings is 2. The van der Waals surface area contributed by atoms with Gasteiger partial charge in [-0.05, 0) is 30.7 Å². The van der Waals surface area contributed by atoms with Crippen molar-refractivity contribution in [1.82, 2.24) is 5.32 Å². The second-order valence-electron chi connectivity index (χ2n) is 5.96. The summed E-state index contributed by atoms with van der Waals surface area (Å²) in [5, 5.41) is 2.97. The number of carbonyl (C=O) groups is 1. The lowest BCUT2D eigenvalue weighted by molar-refractivity contribution is 0.0711. The van der Waals surface area contributed by atoms with Crippen molar-refractivity contribution < 1.29 is 18.7 Å². The standard InChI is InChI=1S/C19H21FN2O3.ClH/c20-16-11-22-9-8-17(16)25-18-10-14(6-7-15(18)19(21)23)24-12-13-4-2-1-3-5-13;/h1-7,10,16-17,22H,8-9,11-12H2,(H2,21,23);1H/t16-,17-;/m1./s1. The average molecular weight is 381 g/mol. The number of hydrogen-bond acceptors (Lipinski definition) is 4. The highest BCUT2D eigenvalue weighted by atomic mass is 35.5. The van der Waals surface area contributed by atoms with E-state index >= 15 is 0 Å². The Hall–Kier alpha value is -2.31. The Bertz CT molecular complexity index is 730. The number of alkyl halides is 1. The summed E-state index contributed by atoms with van der Waals surface area (Å²) < 4.78 is 25.5. The van der Waals surface area contributed by atoms with Crippen LogP contribution in [0, 0.1) is 0 Å². The predicted octanol–water partition coefficient (Wildman–Crippen LogP) is 2.87. The molecule has 0 radical (unpaired) electrons. The molecule has 0 bridgehead atoms. The zero-order valence-corrected chi connectivity index (χ0v) is 15.0. The van der Waals surface area contributed by atoms with Crippen LogP contribution < -0.4 is 20.5 Å². The van der Waals surface area contributed by atoms with Crippen molar-refractivity contribution >= 4 is 18.3 Å². The molecule has 1 amide bonds. The van der Waals surface area contributed by atoms with Gasteiger partial charge in [0.2, 0.25) is 0 Å². The Morgan fingerprint density at radius 3 is 2.69 bits per heavy atom. The molecule has 3 N–H and O–H groups in total. The highest BCUT2D eigenvalue weighted by Crippen LogP contribution is 2.28. The molecule has 1 heterocycles. The zero-order chi connectivity index (χ0) is 17.6. The number of rotatable bonds is 6. The Labute approximate surface area is 158 Å². The number of halogens is 2. The molecular formula is C19H22ClFN2O3. The van der Waals surface area contributed by atoms with Gasteiger partial charge in [-0.1, -0.05) is 30.3 Å². The first-order valence-corrected chi connectivity index (χ1v) is 8.25. The normalized spacial score (nSPS) is 19.3. The maximum atomic E-state index is 14.0. The van der Waals surface area contributed by atoms with Crippen LogP contribution in [0.25, 0.3) is 0 Å². The van der Waals surface area contributed by atoms with Crippen LogP contribution in [0.15, 0.2) is 48.5 Å². The highest BCUT2D eigenvalue weighted by molar-refractivity contribution is 5.95. The Kier molecular flexibility index (Phi) is 7.24. The van der Waals surface area contributed by atoms with Crippen molar-refractivity contribution in [3.63, 3.8) is 0 Å². The maximum absolute atomic E-state index is 14.0. The fourth-order valence-corrected chi connectivity index (χ4v) is 2.73. The lowest BCUT2D eigenvalue weighted by atomic mass is 10.1. The first kappa shape index (κ1) is 20.0. The minimum absolute atomic E-state index is 0. The van der Waals surface area contributed by atoms with Crippen molar-refractivity contribution in [2.45, 2.75) is 25.3 Å². The molecule has 5 nitrogen and oxygen atoms in total. The molecule has 1 aliphatic rings. The first-order valence-electron chi connectivity index (χ1n) is 8.25. The molecule has 1 aliphatic heterocycles. The van der Waals surface area contributed by atoms with Gasteiger partial charge in [0.15, 0.2) is 0 Å². The van der Waals surface area contributed by atoms with Gasteiger partial charge < -0.3 is 20.5 Å². The van der Waals surface area contributed by atoms with E-state index in [1.807, 2.05) is 30.3 Å². The Morgan fingerprint density at radius 1 is 1.23 bits per heavy atom. The van der Waals surface area contributed by atoms with Crippen molar-refractivity contribution in [3.05, 3.63) is 59.7 Å². The highest BCUT2D eigenvalue weighted by Gasteiger charge is 2.27. The number of ether oxygens (including phenoxy) is 2. The van der Waals surface area contributed by atoms with E-state index in [0.717, 1.165) is 5.56 Å². The van der Waals surface area contributed by atoms with E-state index in [1.54, 1.807) is 18.2 Å². The van der Waals surface area contributed by atoms with Crippen LogP contribution in [0.5, 0.6) is 11.5 Å². The summed E-state index contributed by atoms with van der Waals surface area (Å²) >= 11 is 0. The van der Waals surface area contributed by atoms with Crippen LogP contribution in [0.2, 0.25) is 0 Å². The van der Waals surface area contributed by atoms with Gasteiger partial charge in [-0.15, -0.1) is 12.4 Å². The van der Waals surface area contributed by atoms with Gasteiger partial charge in [-0.3, -0.25) is 4.79 Å². The van der Waals surface area contributed by atoms with Gasteiger partial charge in [0, 0.05) is 12.6 Å². The molecule has 0 aromatic heterocycles. The van der Waals surface area contributed by atoms with E-state index in [2.05, 4.69) is 5.32 Å². The summed E-state index contributed by atoms with van der Waals surface area (Å²) in [6.45, 7) is 1.29. The number of amides is 1. The Balaban J connectivity index is 0.00000243. The summed E-state index contributed by atoms with van der Waals surface area (Å²) in [5.74, 6) is 0.176. The minimum atomic E-state index is -1.14. The number of hydrogen-bond donors (Lipinski definition) is 2. The average Bonchev–Trinajstić information content (AvgIpc) is 2.63. The molecule has 0 spiro atoms. The molecular weight excluding hydrogens is 359 g/mol. The second-order valence-corrected chi connectivity index (χ2v) is 5.96. The predicted molar refractivity (Wildman–Crippen MR) is 99.8 cm³/mol. The molecule has 0 unspecified atom stereocenters. The fraction of sp³-hybridized carbons (Fsp3) is 0.316. The summed E-state index contributed by atoms with van der Waals surface area (Å²) in [6, 6.07) is 14.5. The molecule has 2 atom stereocenters. The largest absolute Gasteiger partial charge is 0.489 e. The fourth-order valence-electron chi connectivity index (χ4n) is 2.73. The van der Waals surface area contributed by atoms with Crippen molar-refractivity contribution in [2.75, 3.05) is 13.1 Å². The second kappa shape index (κ2) is 9.40. The molecule has 7 heteroatoms. The summed E-state index contributed by atoms with van der Waals surface area (Å²) in [6.07, 6.45) is -1.22. The minimum Gasteiger partial charge on any atom is -0.489 e. The summed E-state index contributed by atoms with van der Waals surface area (Å²) in [5.41, 5.74) is 6.64. The SMILES string of the molecule is Cl.NC(=O)c1ccc(OCc2ccccc2)cc1O[C@@H]1CCNC[C@H]1F. The van der Waals surface area contributed by atoms with Crippen LogP contribution in [-0.2, 0) is 6.61 Å². The molecule has 2 aromatic rings. The molecule has 1 fully saturated rings. The van der Waals surface area contributed by atoms with Gasteiger partial charge in [-0.25, -0.2) is 4.39 Å². The quantitative estimate of drug-likeness (QED) is 0.808. The van der Waals surface area contributed by atoms with Gasteiger partial charge in [0.05, 0.1) is 5.56 Å². The third kappa shape index (κ3) is 5.09. The summed E-state index contributed by atoms with van der Waals surface area (Å²) in [7, 11) is 0. The molecule has 0 saturated carbocycles. The van der Waals surface area contributed by atoms with Crippen molar-refractivity contribution in [2.24, 2.45) is 5.73 Å². The third-order valence-corrected chi connectivity index (χ3v) is 4.09. The van der Waals surface area contributed by atoms with Gasteiger partial charge in [0.25, 0.3) is 5.91 Å². The Morgan fingerprint density at radius 2 is 2.00 bits per heavy atom. The monoisotopic (exact) mass is 380 g/mol. The van der Waals surface area contributed by atoms with Crippen LogP contribution in [0.4, 0.5) is 4.39 Å². The lowest BCUT2D eigenvalue weighted by Gasteiger charge is -2.28. The zero-order valence-electron chi connectivity index (χ0n) is 14.2. The number of nitrogens with one attached hydrogen (secondary N) is 1. The third-order valence-electron chi connectivity index (χ3n) is 4.09. The number of nitrogens with two attached hydrogens (primary N) is 1. The van der Waals surface area contributed by atoms with Crippen LogP contribution in [0.3, 0.4) is 0 Å². The molecule has 3 rings (SSSR count). The number of piperidine rings is 1. The molecule has 26 heavy (non-hydrogen) atoms. The van der Waals surface area contributed by atoms with Crippen LogP contribution in [0.1, 0.15) is 22.3 Å². The van der Waals surface area contributed by atoms with E-state index in [9.17, 15) is 9.18 Å². The van der Waals surface area contributed by atoms with Gasteiger partial charge in [-0.2, -0.15) is 0 Å².